The van der Waals surface area contributed by atoms with Crippen LogP contribution < -0.4 is 15.4 Å². The number of nitrogens with one attached hydrogen (secondary N) is 2. The lowest BCUT2D eigenvalue weighted by Gasteiger charge is -2.39. The van der Waals surface area contributed by atoms with E-state index in [4.69, 9.17) is 9.47 Å². The highest BCUT2D eigenvalue weighted by molar-refractivity contribution is 6.07. The Morgan fingerprint density at radius 1 is 1.23 bits per heavy atom. The Bertz CT molecular complexity index is 935. The highest BCUT2D eigenvalue weighted by Crippen LogP contribution is 2.34. The Kier molecular flexibility index (Phi) is 6.17. The maximum absolute atomic E-state index is 13.2. The molecule has 1 aliphatic rings. The minimum Gasteiger partial charge on any atom is -0.480 e. The number of carbonyl (C=O) groups excluding carboxylic acids is 2. The first-order chi connectivity index (χ1) is 14.1. The van der Waals surface area contributed by atoms with Crippen molar-refractivity contribution in [3.63, 3.8) is 0 Å². The highest BCUT2D eigenvalue weighted by atomic mass is 16.6. The van der Waals surface area contributed by atoms with Crippen LogP contribution in [0.4, 0.5) is 10.5 Å². The van der Waals surface area contributed by atoms with E-state index in [9.17, 15) is 14.7 Å². The van der Waals surface area contributed by atoms with Gasteiger partial charge in [-0.1, -0.05) is 18.6 Å². The molecule has 162 valence electrons. The molecule has 1 saturated carbocycles. The Morgan fingerprint density at radius 3 is 2.70 bits per heavy atom. The second kappa shape index (κ2) is 8.47. The van der Waals surface area contributed by atoms with Crippen LogP contribution in [-0.4, -0.2) is 46.4 Å². The summed E-state index contributed by atoms with van der Waals surface area (Å²) in [5.74, 6) is -0.205. The Hall–Kier alpha value is -2.87. The van der Waals surface area contributed by atoms with E-state index in [-0.39, 0.29) is 6.42 Å². The third kappa shape index (κ3) is 4.64. The molecule has 0 bridgehead atoms. The molecule has 3 rings (SSSR count). The van der Waals surface area contributed by atoms with Gasteiger partial charge in [0.2, 0.25) is 5.88 Å². The molecule has 0 spiro atoms. The second-order valence-electron chi connectivity index (χ2n) is 8.55. The topological polar surface area (TPSA) is 110 Å². The molecule has 2 amide bonds. The van der Waals surface area contributed by atoms with Gasteiger partial charge in [-0.2, -0.15) is 0 Å². The summed E-state index contributed by atoms with van der Waals surface area (Å²) in [6.45, 7) is 5.27. The molecule has 1 aromatic carbocycles. The number of nitrogens with zero attached hydrogens (tertiary/aromatic N) is 1. The summed E-state index contributed by atoms with van der Waals surface area (Å²) in [7, 11) is 1.51. The smallest absolute Gasteiger partial charge is 0.407 e. The van der Waals surface area contributed by atoms with Crippen LogP contribution in [0.5, 0.6) is 5.88 Å². The molecule has 0 saturated heterocycles. The van der Waals surface area contributed by atoms with Crippen LogP contribution in [0.2, 0.25) is 0 Å². The molecule has 30 heavy (non-hydrogen) atoms. The molecule has 8 heteroatoms. The van der Waals surface area contributed by atoms with Gasteiger partial charge in [0.1, 0.15) is 5.60 Å². The SMILES string of the molecule is COc1nccc2cccc(NC(=O)C3(O)CCCCC3NC(=O)OC(C)(C)C)c12. The predicted octanol–water partition coefficient (Wildman–Crippen LogP) is 3.38. The van der Waals surface area contributed by atoms with Crippen molar-refractivity contribution >= 4 is 28.5 Å². The van der Waals surface area contributed by atoms with E-state index in [0.29, 0.717) is 29.8 Å². The van der Waals surface area contributed by atoms with E-state index < -0.39 is 29.2 Å². The first kappa shape index (κ1) is 21.8. The van der Waals surface area contributed by atoms with Gasteiger partial charge in [-0.05, 0) is 57.6 Å². The van der Waals surface area contributed by atoms with Gasteiger partial charge >= 0.3 is 6.09 Å². The molecule has 0 radical (unpaired) electrons. The van der Waals surface area contributed by atoms with Gasteiger partial charge in [-0.3, -0.25) is 4.79 Å². The van der Waals surface area contributed by atoms with Gasteiger partial charge in [0.05, 0.1) is 24.2 Å². The summed E-state index contributed by atoms with van der Waals surface area (Å²) in [5, 5.41) is 18.3. The zero-order valence-electron chi connectivity index (χ0n) is 17.8. The van der Waals surface area contributed by atoms with Crippen LogP contribution in [0.1, 0.15) is 46.5 Å². The number of hydrogen-bond acceptors (Lipinski definition) is 6. The number of anilines is 1. The summed E-state index contributed by atoms with van der Waals surface area (Å²) >= 11 is 0. The van der Waals surface area contributed by atoms with Crippen molar-refractivity contribution in [3.8, 4) is 5.88 Å². The van der Waals surface area contributed by atoms with Crippen molar-refractivity contribution in [2.45, 2.75) is 63.7 Å². The van der Waals surface area contributed by atoms with Gasteiger partial charge in [-0.25, -0.2) is 9.78 Å². The van der Waals surface area contributed by atoms with Crippen LogP contribution in [0.25, 0.3) is 10.8 Å². The third-order valence-corrected chi connectivity index (χ3v) is 5.16. The number of fused-ring (bicyclic) bond motifs is 1. The fourth-order valence-corrected chi connectivity index (χ4v) is 3.76. The minimum absolute atomic E-state index is 0.236. The van der Waals surface area contributed by atoms with Gasteiger partial charge < -0.3 is 25.2 Å². The summed E-state index contributed by atoms with van der Waals surface area (Å²) in [4.78, 5) is 29.7. The predicted molar refractivity (Wildman–Crippen MR) is 114 cm³/mol. The molecule has 3 N–H and O–H groups in total. The number of alkyl carbamates (subject to hydrolysis) is 1. The van der Waals surface area contributed by atoms with Crippen LogP contribution in [0.15, 0.2) is 30.5 Å². The lowest BCUT2D eigenvalue weighted by molar-refractivity contribution is -0.140. The molecular formula is C22H29N3O5. The number of methoxy groups -OCH3 is 1. The molecule has 8 nitrogen and oxygen atoms in total. The van der Waals surface area contributed by atoms with Crippen molar-refractivity contribution in [2.75, 3.05) is 12.4 Å². The largest absolute Gasteiger partial charge is 0.480 e. The van der Waals surface area contributed by atoms with E-state index in [2.05, 4.69) is 15.6 Å². The van der Waals surface area contributed by atoms with E-state index in [1.807, 2.05) is 12.1 Å². The Labute approximate surface area is 176 Å². The molecular weight excluding hydrogens is 386 g/mol. The van der Waals surface area contributed by atoms with Gasteiger partial charge in [0.15, 0.2) is 5.60 Å². The number of hydrogen-bond donors (Lipinski definition) is 3. The molecule has 2 unspecified atom stereocenters. The molecule has 1 aliphatic carbocycles. The normalized spacial score (nSPS) is 21.7. The number of benzene rings is 1. The quantitative estimate of drug-likeness (QED) is 0.706. The maximum Gasteiger partial charge on any atom is 0.407 e. The molecule has 1 fully saturated rings. The van der Waals surface area contributed by atoms with Crippen molar-refractivity contribution in [2.24, 2.45) is 0 Å². The van der Waals surface area contributed by atoms with Crippen LogP contribution in [-0.2, 0) is 9.53 Å². The molecule has 2 aromatic rings. The third-order valence-electron chi connectivity index (χ3n) is 5.16. The van der Waals surface area contributed by atoms with Gasteiger partial charge in [-0.15, -0.1) is 0 Å². The second-order valence-corrected chi connectivity index (χ2v) is 8.55. The summed E-state index contributed by atoms with van der Waals surface area (Å²) in [6, 6.07) is 6.48. The molecule has 2 atom stereocenters. The maximum atomic E-state index is 13.2. The van der Waals surface area contributed by atoms with E-state index >= 15 is 0 Å². The van der Waals surface area contributed by atoms with E-state index in [1.165, 1.54) is 7.11 Å². The number of aliphatic hydroxyl groups is 1. The standard InChI is InChI=1S/C22H29N3O5/c1-21(2,3)30-20(27)25-16-10-5-6-12-22(16,28)19(26)24-15-9-7-8-14-11-13-23-18(29-4)17(14)15/h7-9,11,13,16,28H,5-6,10,12H2,1-4H3,(H,24,26)(H,25,27). The molecule has 1 aromatic heterocycles. The minimum atomic E-state index is -1.76. The number of pyridine rings is 1. The summed E-state index contributed by atoms with van der Waals surface area (Å²) in [6.07, 6.45) is 3.15. The first-order valence-electron chi connectivity index (χ1n) is 10.1. The van der Waals surface area contributed by atoms with E-state index in [1.54, 1.807) is 39.1 Å². The van der Waals surface area contributed by atoms with Crippen molar-refractivity contribution in [1.82, 2.24) is 10.3 Å². The number of rotatable bonds is 4. The first-order valence-corrected chi connectivity index (χ1v) is 10.1. The number of amides is 2. The van der Waals surface area contributed by atoms with Gasteiger partial charge in [0.25, 0.3) is 5.91 Å². The lowest BCUT2D eigenvalue weighted by Crippen LogP contribution is -2.61. The fourth-order valence-electron chi connectivity index (χ4n) is 3.76. The van der Waals surface area contributed by atoms with E-state index in [0.717, 1.165) is 11.8 Å². The zero-order valence-corrected chi connectivity index (χ0v) is 17.8. The van der Waals surface area contributed by atoms with Crippen LogP contribution >= 0.6 is 0 Å². The highest BCUT2D eigenvalue weighted by Gasteiger charge is 2.46. The fraction of sp³-hybridized carbons (Fsp3) is 0.500. The molecule has 1 heterocycles. The van der Waals surface area contributed by atoms with Crippen molar-refractivity contribution in [3.05, 3.63) is 30.5 Å². The molecule has 0 aliphatic heterocycles. The van der Waals surface area contributed by atoms with Crippen molar-refractivity contribution in [1.29, 1.82) is 0 Å². The monoisotopic (exact) mass is 415 g/mol. The van der Waals surface area contributed by atoms with Crippen LogP contribution in [0, 0.1) is 0 Å². The van der Waals surface area contributed by atoms with Crippen LogP contribution in [0.3, 0.4) is 0 Å². The Balaban J connectivity index is 1.85. The lowest BCUT2D eigenvalue weighted by atomic mass is 9.79. The van der Waals surface area contributed by atoms with Gasteiger partial charge in [0, 0.05) is 6.20 Å². The zero-order chi connectivity index (χ0) is 21.9. The number of carbonyl (C=O) groups is 2. The average molecular weight is 415 g/mol. The average Bonchev–Trinajstić information content (AvgIpc) is 2.68. The number of ether oxygens (including phenoxy) is 2. The summed E-state index contributed by atoms with van der Waals surface area (Å²) in [5.41, 5.74) is -1.95. The summed E-state index contributed by atoms with van der Waals surface area (Å²) < 4.78 is 10.6. The Morgan fingerprint density at radius 2 is 2.00 bits per heavy atom. The van der Waals surface area contributed by atoms with Crippen molar-refractivity contribution < 1.29 is 24.2 Å². The number of aromatic nitrogens is 1.